The number of fused-ring (bicyclic) bond motifs is 2. The third-order valence-corrected chi connectivity index (χ3v) is 5.42. The first kappa shape index (κ1) is 14.4. The topological polar surface area (TPSA) is 29.0 Å². The molecule has 3 nitrogen and oxygen atoms in total. The molecule has 0 saturated heterocycles. The number of thiazole rings is 1. The Morgan fingerprint density at radius 2 is 2.22 bits per heavy atom. The van der Waals surface area contributed by atoms with Gasteiger partial charge < -0.3 is 0 Å². The Kier molecular flexibility index (Phi) is 3.60. The molecule has 0 spiro atoms. The van der Waals surface area contributed by atoms with Crippen molar-refractivity contribution >= 4 is 21.6 Å². The van der Waals surface area contributed by atoms with E-state index in [1.165, 1.54) is 15.8 Å². The second-order valence-corrected chi connectivity index (χ2v) is 6.81. The standard InChI is InChI=1S/C19H17N3S/c1-3-16-6-4-15-11-22(9-8-17(15)21-16)13(2)14-5-7-19-18(10-14)20-12-23-19/h1,4-7,10,12-13H,8-9,11H2,2H3. The molecule has 0 radical (unpaired) electrons. The highest BCUT2D eigenvalue weighted by atomic mass is 32.1. The SMILES string of the molecule is C#Cc1ccc2c(n1)CCN(C(C)c1ccc3scnc3c1)C2. The van der Waals surface area contributed by atoms with Crippen molar-refractivity contribution in [2.24, 2.45) is 0 Å². The van der Waals surface area contributed by atoms with Crippen LogP contribution in [0.4, 0.5) is 0 Å². The number of aromatic nitrogens is 2. The van der Waals surface area contributed by atoms with Gasteiger partial charge in [0.15, 0.2) is 0 Å². The maximum absolute atomic E-state index is 5.44. The lowest BCUT2D eigenvalue weighted by Crippen LogP contribution is -2.33. The normalized spacial score (nSPS) is 16.0. The number of nitrogens with zero attached hydrogens (tertiary/aromatic N) is 3. The minimum absolute atomic E-state index is 0.363. The minimum Gasteiger partial charge on any atom is -0.292 e. The van der Waals surface area contributed by atoms with Gasteiger partial charge in [0.25, 0.3) is 0 Å². The number of hydrogen-bond acceptors (Lipinski definition) is 4. The minimum atomic E-state index is 0.363. The number of rotatable bonds is 2. The molecule has 114 valence electrons. The van der Waals surface area contributed by atoms with Crippen molar-refractivity contribution in [1.82, 2.24) is 14.9 Å². The molecule has 0 N–H and O–H groups in total. The monoisotopic (exact) mass is 319 g/mol. The van der Waals surface area contributed by atoms with Crippen molar-refractivity contribution < 1.29 is 0 Å². The molecule has 0 fully saturated rings. The third-order valence-electron chi connectivity index (χ3n) is 4.61. The molecule has 1 atom stereocenters. The smallest absolute Gasteiger partial charge is 0.113 e. The molecule has 0 aliphatic carbocycles. The van der Waals surface area contributed by atoms with E-state index in [1.54, 1.807) is 11.3 Å². The van der Waals surface area contributed by atoms with Gasteiger partial charge in [-0.15, -0.1) is 17.8 Å². The first-order chi connectivity index (χ1) is 11.2. The van der Waals surface area contributed by atoms with Crippen molar-refractivity contribution in [2.45, 2.75) is 25.9 Å². The summed E-state index contributed by atoms with van der Waals surface area (Å²) in [5.74, 6) is 2.62. The summed E-state index contributed by atoms with van der Waals surface area (Å²) in [5.41, 5.74) is 7.50. The predicted octanol–water partition coefficient (Wildman–Crippen LogP) is 3.79. The molecule has 0 bridgehead atoms. The Labute approximate surface area is 140 Å². The van der Waals surface area contributed by atoms with Crippen LogP contribution in [0, 0.1) is 12.3 Å². The van der Waals surface area contributed by atoms with Crippen molar-refractivity contribution in [3.8, 4) is 12.3 Å². The fourth-order valence-electron chi connectivity index (χ4n) is 3.19. The maximum atomic E-state index is 5.44. The predicted molar refractivity (Wildman–Crippen MR) is 94.3 cm³/mol. The summed E-state index contributed by atoms with van der Waals surface area (Å²) < 4.78 is 1.25. The van der Waals surface area contributed by atoms with Gasteiger partial charge in [0, 0.05) is 31.2 Å². The van der Waals surface area contributed by atoms with E-state index in [0.717, 1.165) is 36.4 Å². The zero-order valence-corrected chi connectivity index (χ0v) is 13.8. The molecule has 4 heteroatoms. The van der Waals surface area contributed by atoms with Crippen LogP contribution >= 0.6 is 11.3 Å². The van der Waals surface area contributed by atoms with Gasteiger partial charge in [0.2, 0.25) is 0 Å². The van der Waals surface area contributed by atoms with Gasteiger partial charge in [-0.2, -0.15) is 0 Å². The lowest BCUT2D eigenvalue weighted by Gasteiger charge is -2.33. The summed E-state index contributed by atoms with van der Waals surface area (Å²) >= 11 is 1.69. The molecular weight excluding hydrogens is 302 g/mol. The highest BCUT2D eigenvalue weighted by Crippen LogP contribution is 2.29. The molecule has 0 amide bonds. The fourth-order valence-corrected chi connectivity index (χ4v) is 3.85. The summed E-state index contributed by atoms with van der Waals surface area (Å²) in [5, 5.41) is 0. The Balaban J connectivity index is 1.59. The van der Waals surface area contributed by atoms with E-state index < -0.39 is 0 Å². The van der Waals surface area contributed by atoms with E-state index in [-0.39, 0.29) is 0 Å². The fraction of sp³-hybridized carbons (Fsp3) is 0.263. The summed E-state index contributed by atoms with van der Waals surface area (Å²) in [6, 6.07) is 11.0. The van der Waals surface area contributed by atoms with Crippen LogP contribution in [-0.2, 0) is 13.0 Å². The van der Waals surface area contributed by atoms with Gasteiger partial charge in [-0.3, -0.25) is 4.90 Å². The highest BCUT2D eigenvalue weighted by Gasteiger charge is 2.23. The summed E-state index contributed by atoms with van der Waals surface area (Å²) in [6.45, 7) is 4.19. The molecule has 23 heavy (non-hydrogen) atoms. The molecule has 4 rings (SSSR count). The van der Waals surface area contributed by atoms with Gasteiger partial charge in [0.1, 0.15) is 5.69 Å². The van der Waals surface area contributed by atoms with Crippen LogP contribution in [-0.4, -0.2) is 21.4 Å². The Hall–Kier alpha value is -2.22. The quantitative estimate of drug-likeness (QED) is 0.673. The van der Waals surface area contributed by atoms with Gasteiger partial charge in [-0.25, -0.2) is 9.97 Å². The van der Waals surface area contributed by atoms with Crippen molar-refractivity contribution in [1.29, 1.82) is 0 Å². The summed E-state index contributed by atoms with van der Waals surface area (Å²) in [6.07, 6.45) is 6.40. The van der Waals surface area contributed by atoms with Gasteiger partial charge in [0.05, 0.1) is 15.7 Å². The zero-order valence-electron chi connectivity index (χ0n) is 13.0. The number of pyridine rings is 1. The lowest BCUT2D eigenvalue weighted by molar-refractivity contribution is 0.190. The van der Waals surface area contributed by atoms with Crippen molar-refractivity contribution in [3.05, 3.63) is 58.4 Å². The van der Waals surface area contributed by atoms with Crippen LogP contribution < -0.4 is 0 Å². The molecule has 3 heterocycles. The van der Waals surface area contributed by atoms with E-state index in [9.17, 15) is 0 Å². The van der Waals surface area contributed by atoms with Gasteiger partial charge >= 0.3 is 0 Å². The Bertz CT molecular complexity index is 906. The van der Waals surface area contributed by atoms with E-state index in [1.807, 2.05) is 11.6 Å². The maximum Gasteiger partial charge on any atom is 0.113 e. The molecule has 1 aliphatic rings. The van der Waals surface area contributed by atoms with Crippen LogP contribution in [0.2, 0.25) is 0 Å². The van der Waals surface area contributed by atoms with Gasteiger partial charge in [-0.05, 0) is 36.2 Å². The van der Waals surface area contributed by atoms with Gasteiger partial charge in [-0.1, -0.05) is 18.1 Å². The molecule has 1 aromatic carbocycles. The van der Waals surface area contributed by atoms with Crippen LogP contribution in [0.3, 0.4) is 0 Å². The third kappa shape index (κ3) is 2.63. The van der Waals surface area contributed by atoms with E-state index in [0.29, 0.717) is 6.04 Å². The molecule has 3 aromatic rings. The van der Waals surface area contributed by atoms with E-state index >= 15 is 0 Å². The first-order valence-electron chi connectivity index (χ1n) is 7.77. The van der Waals surface area contributed by atoms with E-state index in [4.69, 9.17) is 6.42 Å². The van der Waals surface area contributed by atoms with E-state index in [2.05, 4.69) is 52.0 Å². The number of hydrogen-bond donors (Lipinski definition) is 0. The van der Waals surface area contributed by atoms with Crippen molar-refractivity contribution in [2.75, 3.05) is 6.54 Å². The van der Waals surface area contributed by atoms with Crippen LogP contribution in [0.1, 0.15) is 35.5 Å². The molecular formula is C19H17N3S. The zero-order chi connectivity index (χ0) is 15.8. The molecule has 0 saturated carbocycles. The average Bonchev–Trinajstić information content (AvgIpc) is 3.07. The number of terminal acetylenes is 1. The first-order valence-corrected chi connectivity index (χ1v) is 8.65. The molecule has 1 aliphatic heterocycles. The lowest BCUT2D eigenvalue weighted by atomic mass is 10.00. The Morgan fingerprint density at radius 1 is 1.30 bits per heavy atom. The second kappa shape index (κ2) is 5.77. The Morgan fingerprint density at radius 3 is 3.09 bits per heavy atom. The summed E-state index contributed by atoms with van der Waals surface area (Å²) in [4.78, 5) is 11.5. The largest absolute Gasteiger partial charge is 0.292 e. The number of benzene rings is 1. The van der Waals surface area contributed by atoms with Crippen molar-refractivity contribution in [3.63, 3.8) is 0 Å². The average molecular weight is 319 g/mol. The second-order valence-electron chi connectivity index (χ2n) is 5.92. The summed E-state index contributed by atoms with van der Waals surface area (Å²) in [7, 11) is 0. The van der Waals surface area contributed by atoms with Crippen LogP contribution in [0.5, 0.6) is 0 Å². The highest BCUT2D eigenvalue weighted by molar-refractivity contribution is 7.16. The van der Waals surface area contributed by atoms with Crippen LogP contribution in [0.15, 0.2) is 35.8 Å². The van der Waals surface area contributed by atoms with Crippen LogP contribution in [0.25, 0.3) is 10.2 Å². The molecule has 2 aromatic heterocycles. The molecule has 1 unspecified atom stereocenters.